The SMILES string of the molecule is CC(=O)c1c(C)c(O)c2cc(C(=O)O)cc(OC3OC(CO)C4(CC5C6=C(CC=C6C6(CCCO)COCC7CC89CC5(NNC8CC5(CCCC58CCC5(CCCC5)C8)C9)C76)C5(CCCCC5)O4)C(O)C3O)c2c1O. The molecule has 12 aliphatic rings. The first-order valence-corrected chi connectivity index (χ1v) is 29.4. The number of fused-ring (bicyclic) bond motifs is 4. The minimum atomic E-state index is -1.83. The van der Waals surface area contributed by atoms with Gasteiger partial charge in [-0.15, -0.1) is 0 Å². The molecule has 2 aromatic carbocycles. The van der Waals surface area contributed by atoms with E-state index < -0.39 is 76.6 Å². The van der Waals surface area contributed by atoms with Crippen LogP contribution in [0.4, 0.5) is 0 Å². The van der Waals surface area contributed by atoms with Crippen LogP contribution in [0.1, 0.15) is 181 Å². The molecule has 0 aromatic heterocycles. The summed E-state index contributed by atoms with van der Waals surface area (Å²) in [7, 11) is 0. The zero-order chi connectivity index (χ0) is 52.6. The molecular weight excluding hydrogens is 969 g/mol. The lowest BCUT2D eigenvalue weighted by molar-refractivity contribution is -0.346. The molecule has 8 aliphatic carbocycles. The van der Waals surface area contributed by atoms with Crippen LogP contribution in [0, 0.1) is 51.8 Å². The number of hydrogen-bond donors (Lipinski definition) is 9. The van der Waals surface area contributed by atoms with E-state index in [1.807, 2.05) is 0 Å². The average molecular weight is 1050 g/mol. The van der Waals surface area contributed by atoms with E-state index in [1.54, 1.807) is 0 Å². The summed E-state index contributed by atoms with van der Waals surface area (Å²) in [6, 6.07) is 2.59. The van der Waals surface area contributed by atoms with E-state index in [-0.39, 0.29) is 80.9 Å². The van der Waals surface area contributed by atoms with Crippen molar-refractivity contribution in [1.82, 2.24) is 10.9 Å². The van der Waals surface area contributed by atoms with Crippen LogP contribution in [-0.4, -0.2) is 121 Å². The van der Waals surface area contributed by atoms with Crippen molar-refractivity contribution in [2.24, 2.45) is 44.8 Å². The van der Waals surface area contributed by atoms with Crippen molar-refractivity contribution in [2.75, 3.05) is 26.4 Å². The van der Waals surface area contributed by atoms with E-state index in [2.05, 4.69) is 16.9 Å². The maximum atomic E-state index is 13.4. The Morgan fingerprint density at radius 1 is 0.868 bits per heavy atom. The van der Waals surface area contributed by atoms with E-state index in [0.29, 0.717) is 49.7 Å². The third-order valence-electron chi connectivity index (χ3n) is 24.1. The fourth-order valence-electron chi connectivity index (χ4n) is 21.6. The van der Waals surface area contributed by atoms with Crippen LogP contribution < -0.4 is 15.6 Å². The molecule has 412 valence electrons. The third-order valence-corrected chi connectivity index (χ3v) is 24.1. The van der Waals surface area contributed by atoms with Gasteiger partial charge >= 0.3 is 5.97 Å². The lowest BCUT2D eigenvalue weighted by atomic mass is 9.38. The number of hydrazine groups is 1. The second kappa shape index (κ2) is 17.2. The Morgan fingerprint density at radius 2 is 1.64 bits per heavy atom. The van der Waals surface area contributed by atoms with Gasteiger partial charge in [-0.2, -0.15) is 0 Å². The number of carboxylic acids is 1. The highest BCUT2D eigenvalue weighted by Crippen LogP contribution is 2.80. The molecular formula is C61H80N2O13. The van der Waals surface area contributed by atoms with Crippen molar-refractivity contribution in [1.29, 1.82) is 0 Å². The summed E-state index contributed by atoms with van der Waals surface area (Å²) < 4.78 is 28.1. The minimum absolute atomic E-state index is 0.0352. The number of allylic oxidation sites excluding steroid dienone is 1. The molecule has 10 fully saturated rings. The summed E-state index contributed by atoms with van der Waals surface area (Å²) in [5.74, 6) is -3.13. The van der Waals surface area contributed by atoms with Crippen molar-refractivity contribution in [3.63, 3.8) is 0 Å². The van der Waals surface area contributed by atoms with Gasteiger partial charge in [0.25, 0.3) is 0 Å². The summed E-state index contributed by atoms with van der Waals surface area (Å²) in [5, 5.41) is 81.8. The van der Waals surface area contributed by atoms with E-state index in [9.17, 15) is 45.3 Å². The van der Waals surface area contributed by atoms with Crippen LogP contribution in [0.25, 0.3) is 10.8 Å². The van der Waals surface area contributed by atoms with Crippen molar-refractivity contribution < 1.29 is 64.3 Å². The number of benzene rings is 2. The van der Waals surface area contributed by atoms with E-state index >= 15 is 0 Å². The molecule has 4 heterocycles. The number of Topliss-reactive ketones (excluding diaryl/α,β-unsaturated/α-hetero) is 1. The zero-order valence-corrected chi connectivity index (χ0v) is 44.5. The highest BCUT2D eigenvalue weighted by Gasteiger charge is 2.78. The number of ketones is 1. The molecule has 2 aromatic rings. The van der Waals surface area contributed by atoms with Gasteiger partial charge in [0.2, 0.25) is 6.29 Å². The van der Waals surface area contributed by atoms with Crippen LogP contribution in [0.2, 0.25) is 0 Å². The van der Waals surface area contributed by atoms with Gasteiger partial charge in [-0.05, 0) is 185 Å². The monoisotopic (exact) mass is 1050 g/mol. The number of carbonyl (C=O) groups excluding carboxylic acids is 1. The van der Waals surface area contributed by atoms with Crippen molar-refractivity contribution >= 4 is 22.5 Å². The Morgan fingerprint density at radius 3 is 2.39 bits per heavy atom. The lowest BCUT2D eigenvalue weighted by Crippen LogP contribution is -2.81. The number of nitrogens with one attached hydrogen (secondary N) is 2. The van der Waals surface area contributed by atoms with E-state index in [0.717, 1.165) is 44.6 Å². The van der Waals surface area contributed by atoms with E-state index in [4.69, 9.17) is 18.9 Å². The molecule has 7 saturated carbocycles. The molecule has 15 heteroatoms. The quantitative estimate of drug-likeness (QED) is 0.0897. The Labute approximate surface area is 445 Å². The Bertz CT molecular complexity index is 2850. The van der Waals surface area contributed by atoms with Crippen molar-refractivity contribution in [2.45, 2.75) is 209 Å². The predicted molar refractivity (Wildman–Crippen MR) is 279 cm³/mol. The van der Waals surface area contributed by atoms with Crippen LogP contribution in [0.15, 0.2) is 34.9 Å². The number of aromatic carboxylic acids is 1. The van der Waals surface area contributed by atoms with Crippen molar-refractivity contribution in [3.05, 3.63) is 51.6 Å². The van der Waals surface area contributed by atoms with Gasteiger partial charge < -0.3 is 54.7 Å². The fourth-order valence-corrected chi connectivity index (χ4v) is 21.6. The standard InChI is InChI=1S/C61H80N2O13/c1-33-44(34(2)66)48(68)45-37(47(33)67)22-35(52(71)72)23-41(45)74-53-49(69)51(70)61(43(27-65)75-53)25-40-46-38(10-11-39(46)59(76-61)17-4-3-5-18-59)58(16-9-21-64)32-73-28-36-24-55-30-57(26-42(55)62-63-60(40,31-55)50(36)58)15-8-14-56(57)20-19-54(29-56)12-6-7-13-54/h10,22-23,36,40,42-43,49-51,53,62-65,67-70H,3-9,11-21,24-32H2,1-2H3,(H,71,72). The van der Waals surface area contributed by atoms with Crippen molar-refractivity contribution in [3.8, 4) is 17.2 Å². The number of phenolic OH excluding ortho intramolecular Hbond substituents is 2. The number of aliphatic hydroxyl groups excluding tert-OH is 4. The Balaban J connectivity index is 0.900. The second-order valence-electron chi connectivity index (χ2n) is 27.3. The predicted octanol–water partition coefficient (Wildman–Crippen LogP) is 8.11. The first-order valence-electron chi connectivity index (χ1n) is 29.4. The van der Waals surface area contributed by atoms with Crippen LogP contribution in [0.5, 0.6) is 17.2 Å². The molecule has 15 nitrogen and oxygen atoms in total. The number of phenols is 2. The molecule has 14 atom stereocenters. The van der Waals surface area contributed by atoms with Crippen LogP contribution in [0.3, 0.4) is 0 Å². The first kappa shape index (κ1) is 50.6. The van der Waals surface area contributed by atoms with Gasteiger partial charge in [-0.1, -0.05) is 44.6 Å². The van der Waals surface area contributed by atoms with Gasteiger partial charge in [-0.25, -0.2) is 4.79 Å². The molecule has 0 amide bonds. The molecule has 0 radical (unpaired) electrons. The molecule has 14 rings (SSSR count). The zero-order valence-electron chi connectivity index (χ0n) is 44.5. The highest BCUT2D eigenvalue weighted by atomic mass is 16.7. The molecule has 14 unspecified atom stereocenters. The molecule has 4 aliphatic heterocycles. The maximum absolute atomic E-state index is 13.4. The summed E-state index contributed by atoms with van der Waals surface area (Å²) in [5.41, 5.74) is 9.39. The van der Waals surface area contributed by atoms with E-state index in [1.165, 1.54) is 114 Å². The molecule has 7 spiro atoms. The fraction of sp³-hybridized carbons (Fsp3) is 0.738. The molecule has 9 N–H and O–H groups in total. The summed E-state index contributed by atoms with van der Waals surface area (Å²) >= 11 is 0. The number of hydrogen-bond acceptors (Lipinski definition) is 14. The summed E-state index contributed by atoms with van der Waals surface area (Å²) in [6.45, 7) is 3.36. The third kappa shape index (κ3) is 6.55. The van der Waals surface area contributed by atoms with Gasteiger partial charge in [0.15, 0.2) is 5.78 Å². The number of aromatic hydroxyl groups is 2. The Kier molecular flexibility index (Phi) is 11.4. The van der Waals surface area contributed by atoms with Crippen LogP contribution in [-0.2, 0) is 14.2 Å². The molecule has 3 saturated heterocycles. The maximum Gasteiger partial charge on any atom is 0.335 e. The second-order valence-corrected chi connectivity index (χ2v) is 27.3. The smallest absolute Gasteiger partial charge is 0.335 e. The largest absolute Gasteiger partial charge is 0.507 e. The first-order chi connectivity index (χ1) is 36.5. The summed E-state index contributed by atoms with van der Waals surface area (Å²) in [6.07, 6.45) is 20.2. The highest BCUT2D eigenvalue weighted by molar-refractivity contribution is 6.11. The minimum Gasteiger partial charge on any atom is -0.507 e. The number of carboxylic acid groups (broad SMARTS) is 1. The molecule has 76 heavy (non-hydrogen) atoms. The Hall–Kier alpha value is -3.64. The number of carbonyl (C=O) groups is 2. The van der Waals surface area contributed by atoms with Crippen LogP contribution >= 0.6 is 0 Å². The number of rotatable bonds is 8. The van der Waals surface area contributed by atoms with Gasteiger partial charge in [0.05, 0.1) is 35.3 Å². The lowest BCUT2D eigenvalue weighted by Gasteiger charge is -2.72. The number of ether oxygens (including phenoxy) is 4. The molecule has 2 bridgehead atoms. The van der Waals surface area contributed by atoms with Gasteiger partial charge in [0.1, 0.15) is 41.2 Å². The normalized spacial score (nSPS) is 43.2. The van der Waals surface area contributed by atoms with Gasteiger partial charge in [-0.3, -0.25) is 15.6 Å². The summed E-state index contributed by atoms with van der Waals surface area (Å²) in [4.78, 5) is 25.5. The topological polar surface area (TPSA) is 237 Å². The number of aliphatic hydroxyl groups is 4. The average Bonchev–Trinajstić information content (AvgIpc) is 4.42. The van der Waals surface area contributed by atoms with Gasteiger partial charge in [0, 0.05) is 47.1 Å².